The predicted octanol–water partition coefficient (Wildman–Crippen LogP) is 3.18. The molecule has 2 aromatic heterocycles. The second-order valence-corrected chi connectivity index (χ2v) is 7.18. The minimum absolute atomic E-state index is 0.305. The summed E-state index contributed by atoms with van der Waals surface area (Å²) < 4.78 is 11.8. The summed E-state index contributed by atoms with van der Waals surface area (Å²) in [6, 6.07) is 7.35. The molecule has 23 heavy (non-hydrogen) atoms. The number of hydrogen-bond acceptors (Lipinski definition) is 4. The van der Waals surface area contributed by atoms with Crippen LogP contribution < -0.4 is 5.46 Å². The Morgan fingerprint density at radius 2 is 1.96 bits per heavy atom. The third-order valence-corrected chi connectivity index (χ3v) is 4.66. The van der Waals surface area contributed by atoms with Crippen LogP contribution in [0.25, 0.3) is 22.1 Å². The summed E-state index contributed by atoms with van der Waals surface area (Å²) in [5.41, 5.74) is 1.40. The number of pyridine rings is 1. The normalized spacial score (nSPS) is 13.0. The minimum Gasteiger partial charge on any atom is -0.454 e. The van der Waals surface area contributed by atoms with Gasteiger partial charge in [0.2, 0.25) is 0 Å². The van der Waals surface area contributed by atoms with Gasteiger partial charge in [-0.1, -0.05) is 11.6 Å². The van der Waals surface area contributed by atoms with Gasteiger partial charge in [-0.15, -0.1) is 0 Å². The Bertz CT molecular complexity index is 867. The van der Waals surface area contributed by atoms with E-state index in [0.29, 0.717) is 23.7 Å². The molecule has 0 saturated carbocycles. The molecule has 0 spiro atoms. The summed E-state index contributed by atoms with van der Waals surface area (Å²) in [5.74, 6) is 0. The lowest BCUT2D eigenvalue weighted by Gasteiger charge is -2.37. The van der Waals surface area contributed by atoms with Crippen molar-refractivity contribution in [3.63, 3.8) is 0 Å². The van der Waals surface area contributed by atoms with Gasteiger partial charge in [0.05, 0.1) is 11.2 Å². The van der Waals surface area contributed by atoms with Crippen LogP contribution >= 0.6 is 11.6 Å². The van der Waals surface area contributed by atoms with Crippen LogP contribution in [0.5, 0.6) is 0 Å². The molecule has 4 nitrogen and oxygen atoms in total. The molecule has 0 amide bonds. The standard InChI is InChI=1S/C17H19BClNO3/c1-16(2,21)17(3,4)23-18-11-8-10(19)9-13-14(11)15-12(22-13)6-5-7-20-15/h5-9,18,21H,1-4H3. The Morgan fingerprint density at radius 1 is 1.22 bits per heavy atom. The third kappa shape index (κ3) is 2.96. The van der Waals surface area contributed by atoms with Gasteiger partial charge in [-0.2, -0.15) is 0 Å². The van der Waals surface area contributed by atoms with Gasteiger partial charge in [-0.25, -0.2) is 0 Å². The van der Waals surface area contributed by atoms with E-state index < -0.39 is 11.2 Å². The van der Waals surface area contributed by atoms with E-state index >= 15 is 0 Å². The summed E-state index contributed by atoms with van der Waals surface area (Å²) in [6.45, 7) is 7.19. The summed E-state index contributed by atoms with van der Waals surface area (Å²) in [5, 5.41) is 11.7. The fourth-order valence-corrected chi connectivity index (χ4v) is 2.54. The molecule has 3 rings (SSSR count). The Labute approximate surface area is 140 Å². The zero-order valence-electron chi connectivity index (χ0n) is 13.7. The first-order valence-electron chi connectivity index (χ1n) is 7.51. The van der Waals surface area contributed by atoms with Crippen molar-refractivity contribution < 1.29 is 14.2 Å². The van der Waals surface area contributed by atoms with Gasteiger partial charge in [0, 0.05) is 22.7 Å². The highest BCUT2D eigenvalue weighted by Gasteiger charge is 2.36. The van der Waals surface area contributed by atoms with Crippen molar-refractivity contribution in [3.8, 4) is 0 Å². The molecule has 0 radical (unpaired) electrons. The van der Waals surface area contributed by atoms with Gasteiger partial charge < -0.3 is 14.2 Å². The van der Waals surface area contributed by atoms with E-state index in [-0.39, 0.29) is 0 Å². The van der Waals surface area contributed by atoms with Crippen molar-refractivity contribution >= 4 is 46.6 Å². The average molecular weight is 332 g/mol. The van der Waals surface area contributed by atoms with Crippen LogP contribution in [0.4, 0.5) is 0 Å². The van der Waals surface area contributed by atoms with E-state index in [1.165, 1.54) is 0 Å². The van der Waals surface area contributed by atoms with Crippen LogP contribution in [0.1, 0.15) is 27.7 Å². The predicted molar refractivity (Wildman–Crippen MR) is 94.8 cm³/mol. The van der Waals surface area contributed by atoms with E-state index in [1.54, 1.807) is 26.1 Å². The van der Waals surface area contributed by atoms with Crippen molar-refractivity contribution in [2.24, 2.45) is 0 Å². The summed E-state index contributed by atoms with van der Waals surface area (Å²) >= 11 is 6.21. The first-order chi connectivity index (χ1) is 10.7. The van der Waals surface area contributed by atoms with Crippen LogP contribution in [0.2, 0.25) is 5.02 Å². The van der Waals surface area contributed by atoms with Gasteiger partial charge in [0.1, 0.15) is 11.1 Å². The van der Waals surface area contributed by atoms with Gasteiger partial charge in [0.15, 0.2) is 5.58 Å². The maximum absolute atomic E-state index is 10.2. The molecule has 2 heterocycles. The number of furan rings is 1. The number of fused-ring (bicyclic) bond motifs is 3. The topological polar surface area (TPSA) is 55.5 Å². The molecule has 0 fully saturated rings. The van der Waals surface area contributed by atoms with Gasteiger partial charge in [0.25, 0.3) is 0 Å². The second kappa shape index (κ2) is 5.51. The lowest BCUT2D eigenvalue weighted by atomic mass is 9.81. The highest BCUT2D eigenvalue weighted by atomic mass is 35.5. The van der Waals surface area contributed by atoms with Crippen molar-refractivity contribution in [2.45, 2.75) is 38.9 Å². The van der Waals surface area contributed by atoms with Crippen molar-refractivity contribution in [1.82, 2.24) is 4.98 Å². The molecular formula is C17H19BClNO3. The summed E-state index contributed by atoms with van der Waals surface area (Å²) in [4.78, 5) is 4.41. The van der Waals surface area contributed by atoms with Crippen LogP contribution in [0, 0.1) is 0 Å². The van der Waals surface area contributed by atoms with Crippen LogP contribution in [-0.4, -0.2) is 28.8 Å². The van der Waals surface area contributed by atoms with Gasteiger partial charge >= 0.3 is 7.48 Å². The van der Waals surface area contributed by atoms with E-state index in [2.05, 4.69) is 4.98 Å². The molecule has 1 aromatic carbocycles. The molecule has 120 valence electrons. The molecular weight excluding hydrogens is 312 g/mol. The van der Waals surface area contributed by atoms with E-state index in [1.807, 2.05) is 32.0 Å². The van der Waals surface area contributed by atoms with E-state index in [4.69, 9.17) is 20.7 Å². The quantitative estimate of drug-likeness (QED) is 0.746. The number of hydrogen-bond donors (Lipinski definition) is 1. The van der Waals surface area contributed by atoms with Crippen molar-refractivity contribution in [1.29, 1.82) is 0 Å². The second-order valence-electron chi connectivity index (χ2n) is 6.75. The Hall–Kier alpha value is -1.56. The highest BCUT2D eigenvalue weighted by Crippen LogP contribution is 2.29. The van der Waals surface area contributed by atoms with E-state index in [0.717, 1.165) is 16.4 Å². The number of halogens is 1. The van der Waals surface area contributed by atoms with Crippen LogP contribution in [0.3, 0.4) is 0 Å². The SMILES string of the molecule is CC(C)(O)C(C)(C)OBc1cc(Cl)cc2oc3cccnc3c12. The Kier molecular flexibility index (Phi) is 3.91. The first kappa shape index (κ1) is 16.3. The number of rotatable bonds is 4. The average Bonchev–Trinajstić information content (AvgIpc) is 2.81. The highest BCUT2D eigenvalue weighted by molar-refractivity contribution is 6.53. The van der Waals surface area contributed by atoms with Crippen LogP contribution in [-0.2, 0) is 4.65 Å². The molecule has 0 aliphatic heterocycles. The fourth-order valence-electron chi connectivity index (χ4n) is 2.31. The number of benzene rings is 1. The number of aromatic nitrogens is 1. The molecule has 0 atom stereocenters. The van der Waals surface area contributed by atoms with Crippen molar-refractivity contribution in [3.05, 3.63) is 35.5 Å². The third-order valence-electron chi connectivity index (χ3n) is 4.44. The largest absolute Gasteiger partial charge is 0.454 e. The smallest absolute Gasteiger partial charge is 0.310 e. The summed E-state index contributed by atoms with van der Waals surface area (Å²) in [6.07, 6.45) is 1.73. The molecule has 0 aliphatic rings. The number of aliphatic hydroxyl groups is 1. The Morgan fingerprint density at radius 3 is 2.65 bits per heavy atom. The molecule has 0 aliphatic carbocycles. The first-order valence-corrected chi connectivity index (χ1v) is 7.89. The maximum Gasteiger partial charge on any atom is 0.310 e. The molecule has 0 saturated heterocycles. The van der Waals surface area contributed by atoms with Crippen molar-refractivity contribution in [2.75, 3.05) is 0 Å². The lowest BCUT2D eigenvalue weighted by Crippen LogP contribution is -2.49. The minimum atomic E-state index is -0.971. The number of nitrogens with zero attached hydrogens (tertiary/aromatic N) is 1. The molecule has 6 heteroatoms. The fraction of sp³-hybridized carbons (Fsp3) is 0.353. The monoisotopic (exact) mass is 331 g/mol. The zero-order chi connectivity index (χ0) is 16.8. The van der Waals surface area contributed by atoms with Gasteiger partial charge in [-0.3, -0.25) is 4.98 Å². The lowest BCUT2D eigenvalue weighted by molar-refractivity contribution is -0.0893. The molecule has 1 N–H and O–H groups in total. The summed E-state index contributed by atoms with van der Waals surface area (Å²) in [7, 11) is 0.305. The molecule has 0 unspecified atom stereocenters. The Balaban J connectivity index is 2.07. The van der Waals surface area contributed by atoms with Gasteiger partial charge in [-0.05, 0) is 51.4 Å². The van der Waals surface area contributed by atoms with Crippen LogP contribution in [0.15, 0.2) is 34.9 Å². The molecule has 0 bridgehead atoms. The van der Waals surface area contributed by atoms with E-state index in [9.17, 15) is 5.11 Å². The maximum atomic E-state index is 10.2. The zero-order valence-corrected chi connectivity index (χ0v) is 14.4. The molecule has 3 aromatic rings.